The molecule has 1 aromatic rings. The van der Waals surface area contributed by atoms with Crippen molar-refractivity contribution in [2.45, 2.75) is 13.0 Å². The molecule has 0 bridgehead atoms. The predicted octanol–water partition coefficient (Wildman–Crippen LogP) is 1.31. The van der Waals surface area contributed by atoms with Gasteiger partial charge in [0, 0.05) is 0 Å². The Hall–Kier alpha value is -1.55. The number of carbonyl (C=O) groups excluding carboxylic acids is 1. The molecular formula is C11H12O4. The van der Waals surface area contributed by atoms with Gasteiger partial charge in [-0.3, -0.25) is 0 Å². The van der Waals surface area contributed by atoms with Gasteiger partial charge in [-0.1, -0.05) is 0 Å². The lowest BCUT2D eigenvalue weighted by atomic mass is 10.2. The van der Waals surface area contributed by atoms with Crippen LogP contribution in [0.15, 0.2) is 18.2 Å². The molecule has 0 spiro atoms. The minimum Gasteiger partial charge on any atom is -0.497 e. The third-order valence-corrected chi connectivity index (χ3v) is 2.19. The average Bonchev–Trinajstić information content (AvgIpc) is 3.04. The molecule has 0 aliphatic carbocycles. The summed E-state index contributed by atoms with van der Waals surface area (Å²) in [6.45, 7) is 2.33. The fourth-order valence-electron chi connectivity index (χ4n) is 1.22. The molecule has 1 fully saturated rings. The van der Waals surface area contributed by atoms with E-state index in [4.69, 9.17) is 14.2 Å². The molecule has 1 heterocycles. The predicted molar refractivity (Wildman–Crippen MR) is 53.1 cm³/mol. The van der Waals surface area contributed by atoms with Crippen molar-refractivity contribution in [3.63, 3.8) is 0 Å². The molecule has 1 atom stereocenters. The van der Waals surface area contributed by atoms with Crippen LogP contribution < -0.4 is 9.47 Å². The third kappa shape index (κ3) is 2.27. The Labute approximate surface area is 87.8 Å². The molecule has 0 N–H and O–H groups in total. The van der Waals surface area contributed by atoms with Crippen LogP contribution in [0.1, 0.15) is 5.56 Å². The van der Waals surface area contributed by atoms with Crippen LogP contribution in [-0.4, -0.2) is 25.8 Å². The van der Waals surface area contributed by atoms with Crippen LogP contribution in [0.5, 0.6) is 11.5 Å². The first-order valence-electron chi connectivity index (χ1n) is 4.68. The number of benzene rings is 1. The summed E-state index contributed by atoms with van der Waals surface area (Å²) in [5.74, 6) is 0.967. The molecule has 1 aromatic carbocycles. The van der Waals surface area contributed by atoms with Crippen LogP contribution in [0.2, 0.25) is 0 Å². The Kier molecular flexibility index (Phi) is 2.60. The maximum Gasteiger partial charge on any atom is 0.343 e. The highest BCUT2D eigenvalue weighted by Gasteiger charge is 2.33. The highest BCUT2D eigenvalue weighted by molar-refractivity contribution is 5.79. The fourth-order valence-corrected chi connectivity index (χ4v) is 1.22. The van der Waals surface area contributed by atoms with Gasteiger partial charge in [-0.15, -0.1) is 0 Å². The molecular weight excluding hydrogens is 196 g/mol. The normalized spacial score (nSPS) is 18.4. The van der Waals surface area contributed by atoms with Gasteiger partial charge in [-0.05, 0) is 30.7 Å². The standard InChI is InChI=1S/C11H12O4/c1-7-5-8(13-2)3-4-9(7)15-11(12)10-6-14-10/h3-5,10H,6H2,1-2H3. The van der Waals surface area contributed by atoms with Crippen molar-refractivity contribution in [3.8, 4) is 11.5 Å². The zero-order valence-corrected chi connectivity index (χ0v) is 8.65. The monoisotopic (exact) mass is 208 g/mol. The third-order valence-electron chi connectivity index (χ3n) is 2.19. The first kappa shape index (κ1) is 9.98. The summed E-state index contributed by atoms with van der Waals surface area (Å²) in [6, 6.07) is 5.29. The number of ether oxygens (including phenoxy) is 3. The number of hydrogen-bond acceptors (Lipinski definition) is 4. The SMILES string of the molecule is COc1ccc(OC(=O)C2CO2)c(C)c1. The summed E-state index contributed by atoms with van der Waals surface area (Å²) in [4.78, 5) is 11.3. The number of aryl methyl sites for hydroxylation is 1. The Morgan fingerprint density at radius 2 is 2.27 bits per heavy atom. The second-order valence-corrected chi connectivity index (χ2v) is 3.37. The number of epoxide rings is 1. The molecule has 80 valence electrons. The molecule has 0 aromatic heterocycles. The van der Waals surface area contributed by atoms with Crippen molar-refractivity contribution in [2.75, 3.05) is 13.7 Å². The summed E-state index contributed by atoms with van der Waals surface area (Å²) in [5.41, 5.74) is 0.864. The lowest BCUT2D eigenvalue weighted by molar-refractivity contribution is -0.135. The molecule has 2 rings (SSSR count). The van der Waals surface area contributed by atoms with Crippen molar-refractivity contribution < 1.29 is 19.0 Å². The Bertz CT molecular complexity index is 382. The van der Waals surface area contributed by atoms with E-state index >= 15 is 0 Å². The van der Waals surface area contributed by atoms with E-state index in [0.717, 1.165) is 11.3 Å². The van der Waals surface area contributed by atoms with E-state index in [9.17, 15) is 4.79 Å². The summed E-state index contributed by atoms with van der Waals surface area (Å²) >= 11 is 0. The average molecular weight is 208 g/mol. The van der Waals surface area contributed by atoms with Crippen molar-refractivity contribution in [3.05, 3.63) is 23.8 Å². The van der Waals surface area contributed by atoms with Crippen molar-refractivity contribution in [1.29, 1.82) is 0 Å². The van der Waals surface area contributed by atoms with Crippen LogP contribution in [0.4, 0.5) is 0 Å². The van der Waals surface area contributed by atoms with E-state index < -0.39 is 0 Å². The zero-order chi connectivity index (χ0) is 10.8. The Morgan fingerprint density at radius 1 is 1.53 bits per heavy atom. The number of carbonyl (C=O) groups is 1. The van der Waals surface area contributed by atoms with Gasteiger partial charge < -0.3 is 14.2 Å². The number of rotatable bonds is 3. The van der Waals surface area contributed by atoms with Gasteiger partial charge >= 0.3 is 5.97 Å². The van der Waals surface area contributed by atoms with Gasteiger partial charge in [0.2, 0.25) is 0 Å². The van der Waals surface area contributed by atoms with Crippen LogP contribution >= 0.6 is 0 Å². The largest absolute Gasteiger partial charge is 0.497 e. The van der Waals surface area contributed by atoms with E-state index in [1.807, 2.05) is 13.0 Å². The summed E-state index contributed by atoms with van der Waals surface area (Å²) in [6.07, 6.45) is -0.369. The summed E-state index contributed by atoms with van der Waals surface area (Å²) in [5, 5.41) is 0. The van der Waals surface area contributed by atoms with E-state index in [-0.39, 0.29) is 12.1 Å². The molecule has 1 saturated heterocycles. The second kappa shape index (κ2) is 3.90. The minimum absolute atomic E-state index is 0.330. The van der Waals surface area contributed by atoms with E-state index in [1.165, 1.54) is 0 Å². The first-order valence-corrected chi connectivity index (χ1v) is 4.68. The summed E-state index contributed by atoms with van der Waals surface area (Å²) in [7, 11) is 1.60. The zero-order valence-electron chi connectivity index (χ0n) is 8.65. The molecule has 4 heteroatoms. The number of methoxy groups -OCH3 is 1. The van der Waals surface area contributed by atoms with Gasteiger partial charge in [0.25, 0.3) is 0 Å². The molecule has 0 amide bonds. The highest BCUT2D eigenvalue weighted by Crippen LogP contribution is 2.24. The molecule has 1 unspecified atom stereocenters. The van der Waals surface area contributed by atoms with E-state index in [2.05, 4.69) is 0 Å². The van der Waals surface area contributed by atoms with Crippen molar-refractivity contribution >= 4 is 5.97 Å². The van der Waals surface area contributed by atoms with Gasteiger partial charge in [0.05, 0.1) is 13.7 Å². The topological polar surface area (TPSA) is 48.1 Å². The van der Waals surface area contributed by atoms with Gasteiger partial charge in [0.1, 0.15) is 11.5 Å². The Balaban J connectivity index is 2.10. The second-order valence-electron chi connectivity index (χ2n) is 3.37. The molecule has 15 heavy (non-hydrogen) atoms. The quantitative estimate of drug-likeness (QED) is 0.427. The maximum atomic E-state index is 11.3. The van der Waals surface area contributed by atoms with Crippen LogP contribution in [0.3, 0.4) is 0 Å². The number of hydrogen-bond donors (Lipinski definition) is 0. The van der Waals surface area contributed by atoms with Crippen molar-refractivity contribution in [1.82, 2.24) is 0 Å². The lowest BCUT2D eigenvalue weighted by Gasteiger charge is -2.07. The molecule has 0 saturated carbocycles. The number of esters is 1. The maximum absolute atomic E-state index is 11.3. The van der Waals surface area contributed by atoms with E-state index in [0.29, 0.717) is 12.4 Å². The molecule has 1 aliphatic rings. The van der Waals surface area contributed by atoms with Crippen LogP contribution in [0.25, 0.3) is 0 Å². The van der Waals surface area contributed by atoms with Gasteiger partial charge in [-0.25, -0.2) is 4.79 Å². The fraction of sp³-hybridized carbons (Fsp3) is 0.364. The highest BCUT2D eigenvalue weighted by atomic mass is 16.6. The van der Waals surface area contributed by atoms with Gasteiger partial charge in [-0.2, -0.15) is 0 Å². The van der Waals surface area contributed by atoms with Gasteiger partial charge in [0.15, 0.2) is 6.10 Å². The van der Waals surface area contributed by atoms with Crippen LogP contribution in [0, 0.1) is 6.92 Å². The van der Waals surface area contributed by atoms with Crippen LogP contribution in [-0.2, 0) is 9.53 Å². The smallest absolute Gasteiger partial charge is 0.343 e. The van der Waals surface area contributed by atoms with E-state index in [1.54, 1.807) is 19.2 Å². The molecule has 1 aliphatic heterocycles. The molecule has 4 nitrogen and oxygen atoms in total. The summed E-state index contributed by atoms with van der Waals surface area (Å²) < 4.78 is 15.0. The Morgan fingerprint density at radius 3 is 2.80 bits per heavy atom. The van der Waals surface area contributed by atoms with Crippen molar-refractivity contribution in [2.24, 2.45) is 0 Å². The lowest BCUT2D eigenvalue weighted by Crippen LogP contribution is -2.15. The first-order chi connectivity index (χ1) is 7.20. The minimum atomic E-state index is -0.369. The molecule has 0 radical (unpaired) electrons.